The van der Waals surface area contributed by atoms with Crippen LogP contribution in [-0.4, -0.2) is 10.8 Å². The van der Waals surface area contributed by atoms with Crippen molar-refractivity contribution < 1.29 is 9.31 Å². The zero-order chi connectivity index (χ0) is 11.3. The molecule has 0 saturated carbocycles. The van der Waals surface area contributed by atoms with Crippen molar-refractivity contribution >= 4 is 23.4 Å². The summed E-state index contributed by atoms with van der Waals surface area (Å²) >= 11 is 5.44. The van der Waals surface area contributed by atoms with E-state index in [4.69, 9.17) is 11.6 Å². The van der Waals surface area contributed by atoms with Crippen LogP contribution in [0, 0.1) is 15.9 Å². The highest BCUT2D eigenvalue weighted by Gasteiger charge is 2.08. The highest BCUT2D eigenvalue weighted by molar-refractivity contribution is 6.17. The number of benzene rings is 1. The standard InChI is InChI=1S/C10H9ClFNO2/c11-6-2-1-3-8-7-9(13(14)15)4-5-10(8)12/h1,3-5,7H,2,6H2. The quantitative estimate of drug-likeness (QED) is 0.451. The van der Waals surface area contributed by atoms with Gasteiger partial charge in [-0.05, 0) is 12.5 Å². The number of rotatable bonds is 4. The van der Waals surface area contributed by atoms with Crippen LogP contribution < -0.4 is 0 Å². The third-order valence-electron chi connectivity index (χ3n) is 1.76. The molecular weight excluding hydrogens is 221 g/mol. The number of nitrogens with zero attached hydrogens (tertiary/aromatic N) is 1. The predicted molar refractivity (Wildman–Crippen MR) is 57.4 cm³/mol. The van der Waals surface area contributed by atoms with Crippen LogP contribution in [0.4, 0.5) is 10.1 Å². The van der Waals surface area contributed by atoms with E-state index in [1.165, 1.54) is 12.1 Å². The first-order valence-electron chi connectivity index (χ1n) is 4.31. The molecule has 0 aliphatic rings. The molecule has 0 amide bonds. The molecule has 1 rings (SSSR count). The average Bonchev–Trinajstić information content (AvgIpc) is 2.20. The molecule has 0 saturated heterocycles. The Kier molecular flexibility index (Phi) is 4.24. The lowest BCUT2D eigenvalue weighted by molar-refractivity contribution is -0.384. The molecule has 0 bridgehead atoms. The number of non-ortho nitro benzene ring substituents is 1. The van der Waals surface area contributed by atoms with Gasteiger partial charge in [0.05, 0.1) is 4.92 Å². The van der Waals surface area contributed by atoms with Gasteiger partial charge in [-0.25, -0.2) is 4.39 Å². The molecule has 1 aromatic carbocycles. The van der Waals surface area contributed by atoms with Crippen LogP contribution in [0.1, 0.15) is 12.0 Å². The maximum absolute atomic E-state index is 13.2. The summed E-state index contributed by atoms with van der Waals surface area (Å²) in [6.45, 7) is 0. The van der Waals surface area contributed by atoms with E-state index >= 15 is 0 Å². The summed E-state index contributed by atoms with van der Waals surface area (Å²) < 4.78 is 13.2. The third kappa shape index (κ3) is 3.32. The maximum atomic E-state index is 13.2. The van der Waals surface area contributed by atoms with Crippen molar-refractivity contribution in [1.29, 1.82) is 0 Å². The summed E-state index contributed by atoms with van der Waals surface area (Å²) in [4.78, 5) is 9.88. The van der Waals surface area contributed by atoms with Crippen molar-refractivity contribution in [2.45, 2.75) is 6.42 Å². The summed E-state index contributed by atoms with van der Waals surface area (Å²) in [5.41, 5.74) is 0.0799. The Labute approximate surface area is 91.3 Å². The highest BCUT2D eigenvalue weighted by Crippen LogP contribution is 2.18. The van der Waals surface area contributed by atoms with E-state index in [2.05, 4.69) is 0 Å². The van der Waals surface area contributed by atoms with Gasteiger partial charge in [0.25, 0.3) is 5.69 Å². The van der Waals surface area contributed by atoms with Crippen molar-refractivity contribution in [3.05, 3.63) is 45.8 Å². The minimum atomic E-state index is -0.557. The van der Waals surface area contributed by atoms with Crippen molar-refractivity contribution in [2.75, 3.05) is 5.88 Å². The molecule has 80 valence electrons. The Bertz CT molecular complexity index is 393. The molecule has 0 aliphatic carbocycles. The molecule has 0 spiro atoms. The van der Waals surface area contributed by atoms with Crippen LogP contribution in [0.25, 0.3) is 6.08 Å². The summed E-state index contributed by atoms with van der Waals surface area (Å²) in [5.74, 6) is -0.0426. The minimum absolute atomic E-state index is 0.123. The van der Waals surface area contributed by atoms with E-state index < -0.39 is 10.7 Å². The van der Waals surface area contributed by atoms with Crippen molar-refractivity contribution in [2.24, 2.45) is 0 Å². The lowest BCUT2D eigenvalue weighted by Crippen LogP contribution is -1.90. The number of nitro groups is 1. The van der Waals surface area contributed by atoms with Crippen LogP contribution in [0.3, 0.4) is 0 Å². The second kappa shape index (κ2) is 5.46. The normalized spacial score (nSPS) is 10.8. The first kappa shape index (κ1) is 11.7. The van der Waals surface area contributed by atoms with E-state index in [-0.39, 0.29) is 11.3 Å². The molecule has 0 aliphatic heterocycles. The molecule has 1 aromatic rings. The fraction of sp³-hybridized carbons (Fsp3) is 0.200. The molecule has 0 atom stereocenters. The first-order valence-corrected chi connectivity index (χ1v) is 4.85. The summed E-state index contributed by atoms with van der Waals surface area (Å²) in [6.07, 6.45) is 3.77. The van der Waals surface area contributed by atoms with Crippen molar-refractivity contribution in [3.8, 4) is 0 Å². The van der Waals surface area contributed by atoms with Crippen molar-refractivity contribution in [3.63, 3.8) is 0 Å². The molecule has 0 N–H and O–H groups in total. The molecule has 5 heteroatoms. The van der Waals surface area contributed by atoms with Gasteiger partial charge < -0.3 is 0 Å². The maximum Gasteiger partial charge on any atom is 0.270 e. The number of hydrogen-bond acceptors (Lipinski definition) is 2. The van der Waals surface area contributed by atoms with Gasteiger partial charge in [0, 0.05) is 23.6 Å². The van der Waals surface area contributed by atoms with Crippen LogP contribution in [0.2, 0.25) is 0 Å². The monoisotopic (exact) mass is 229 g/mol. The highest BCUT2D eigenvalue weighted by atomic mass is 35.5. The molecular formula is C10H9ClFNO2. The number of alkyl halides is 1. The lowest BCUT2D eigenvalue weighted by atomic mass is 10.1. The van der Waals surface area contributed by atoms with E-state index in [1.807, 2.05) is 0 Å². The molecule has 0 aromatic heterocycles. The number of hydrogen-bond donors (Lipinski definition) is 0. The van der Waals surface area contributed by atoms with Gasteiger partial charge in [0.2, 0.25) is 0 Å². The second-order valence-electron chi connectivity index (χ2n) is 2.84. The molecule has 15 heavy (non-hydrogen) atoms. The Hall–Kier alpha value is -1.42. The third-order valence-corrected chi connectivity index (χ3v) is 1.98. The van der Waals surface area contributed by atoms with Gasteiger partial charge in [-0.1, -0.05) is 12.2 Å². The fourth-order valence-electron chi connectivity index (χ4n) is 1.05. The van der Waals surface area contributed by atoms with Gasteiger partial charge in [-0.2, -0.15) is 0 Å². The topological polar surface area (TPSA) is 43.1 Å². The van der Waals surface area contributed by atoms with Gasteiger partial charge in [-0.3, -0.25) is 10.1 Å². The average molecular weight is 230 g/mol. The number of halogens is 2. The van der Waals surface area contributed by atoms with Gasteiger partial charge in [-0.15, -0.1) is 11.6 Å². The van der Waals surface area contributed by atoms with E-state index in [1.54, 1.807) is 6.08 Å². The summed E-state index contributed by atoms with van der Waals surface area (Å²) in [5, 5.41) is 10.4. The molecule has 0 fully saturated rings. The largest absolute Gasteiger partial charge is 0.270 e. The fourth-order valence-corrected chi connectivity index (χ4v) is 1.17. The SMILES string of the molecule is O=[N+]([O-])c1ccc(F)c(C=CCCCl)c1. The van der Waals surface area contributed by atoms with Crippen LogP contribution >= 0.6 is 11.6 Å². The Morgan fingerprint density at radius 1 is 1.53 bits per heavy atom. The Morgan fingerprint density at radius 3 is 2.87 bits per heavy atom. The number of allylic oxidation sites excluding steroid dienone is 1. The van der Waals surface area contributed by atoms with E-state index in [9.17, 15) is 14.5 Å². The zero-order valence-electron chi connectivity index (χ0n) is 7.82. The number of nitro benzene ring substituents is 1. The van der Waals surface area contributed by atoms with Gasteiger partial charge in [0.1, 0.15) is 5.82 Å². The van der Waals surface area contributed by atoms with Crippen LogP contribution in [0.5, 0.6) is 0 Å². The molecule has 0 radical (unpaired) electrons. The first-order chi connectivity index (χ1) is 7.15. The smallest absolute Gasteiger partial charge is 0.258 e. The zero-order valence-corrected chi connectivity index (χ0v) is 8.58. The summed E-state index contributed by atoms with van der Waals surface area (Å²) in [6, 6.07) is 3.41. The lowest BCUT2D eigenvalue weighted by Gasteiger charge is -1.96. The molecule has 0 heterocycles. The Morgan fingerprint density at radius 2 is 2.27 bits per heavy atom. The summed E-state index contributed by atoms with van der Waals surface area (Å²) in [7, 11) is 0. The van der Waals surface area contributed by atoms with Crippen LogP contribution in [-0.2, 0) is 0 Å². The van der Waals surface area contributed by atoms with E-state index in [0.717, 1.165) is 12.1 Å². The molecule has 3 nitrogen and oxygen atoms in total. The van der Waals surface area contributed by atoms with Crippen LogP contribution in [0.15, 0.2) is 24.3 Å². The predicted octanol–water partition coefficient (Wildman–Crippen LogP) is 3.38. The second-order valence-corrected chi connectivity index (χ2v) is 3.22. The van der Waals surface area contributed by atoms with Gasteiger partial charge >= 0.3 is 0 Å². The van der Waals surface area contributed by atoms with Gasteiger partial charge in [0.15, 0.2) is 0 Å². The van der Waals surface area contributed by atoms with Crippen molar-refractivity contribution in [1.82, 2.24) is 0 Å². The van der Waals surface area contributed by atoms with E-state index in [0.29, 0.717) is 12.3 Å². The Balaban J connectivity index is 2.95. The molecule has 0 unspecified atom stereocenters. The minimum Gasteiger partial charge on any atom is -0.258 e.